The van der Waals surface area contributed by atoms with Gasteiger partial charge >= 0.3 is 0 Å². The molecule has 2 aromatic rings. The predicted molar refractivity (Wildman–Crippen MR) is 86.2 cm³/mol. The smallest absolute Gasteiger partial charge is 0.0977 e. The molecular formula is C17H19N3. The molecule has 0 bridgehead atoms. The van der Waals surface area contributed by atoms with Crippen molar-refractivity contribution in [1.82, 2.24) is 9.97 Å². The Labute approximate surface area is 119 Å². The molecule has 0 atom stereocenters. The van der Waals surface area contributed by atoms with Crippen molar-refractivity contribution in [2.75, 3.05) is 7.05 Å². The van der Waals surface area contributed by atoms with Gasteiger partial charge in [-0.05, 0) is 29.0 Å². The molecule has 0 aliphatic rings. The first-order chi connectivity index (χ1) is 9.67. The number of nitrogens with zero attached hydrogens (tertiary/aromatic N) is 2. The van der Waals surface area contributed by atoms with Gasteiger partial charge in [0.25, 0.3) is 0 Å². The topological polar surface area (TPSA) is 41.0 Å². The molecule has 0 aliphatic carbocycles. The zero-order chi connectivity index (χ0) is 14.5. The lowest BCUT2D eigenvalue weighted by atomic mass is 10.1. The third kappa shape index (κ3) is 2.77. The van der Waals surface area contributed by atoms with Crippen LogP contribution < -0.4 is 10.4 Å². The number of imidazole rings is 1. The first kappa shape index (κ1) is 14.0. The Balaban J connectivity index is 2.52. The minimum atomic E-state index is 0.885. The van der Waals surface area contributed by atoms with E-state index in [-0.39, 0.29) is 0 Å². The lowest BCUT2D eigenvalue weighted by Gasteiger charge is -2.03. The van der Waals surface area contributed by atoms with Crippen molar-refractivity contribution in [1.29, 1.82) is 0 Å². The van der Waals surface area contributed by atoms with Gasteiger partial charge in [0, 0.05) is 12.6 Å². The van der Waals surface area contributed by atoms with Crippen molar-refractivity contribution in [3.05, 3.63) is 52.8 Å². The highest BCUT2D eigenvalue weighted by atomic mass is 14.9. The van der Waals surface area contributed by atoms with E-state index in [9.17, 15) is 0 Å². The molecule has 0 saturated carbocycles. The number of hydrogen-bond donors (Lipinski definition) is 1. The van der Waals surface area contributed by atoms with Crippen LogP contribution in [0.2, 0.25) is 0 Å². The monoisotopic (exact) mass is 265 g/mol. The van der Waals surface area contributed by atoms with E-state index in [1.807, 2.05) is 24.3 Å². The van der Waals surface area contributed by atoms with Gasteiger partial charge in [0.1, 0.15) is 0 Å². The summed E-state index contributed by atoms with van der Waals surface area (Å²) in [6.45, 7) is 10.0. The van der Waals surface area contributed by atoms with E-state index < -0.39 is 0 Å². The molecule has 3 nitrogen and oxygen atoms in total. The Bertz CT molecular complexity index is 751. The summed E-state index contributed by atoms with van der Waals surface area (Å²) < 4.78 is 0. The Morgan fingerprint density at radius 3 is 2.80 bits per heavy atom. The van der Waals surface area contributed by atoms with E-state index in [1.165, 1.54) is 0 Å². The van der Waals surface area contributed by atoms with Crippen LogP contribution in [-0.4, -0.2) is 22.7 Å². The van der Waals surface area contributed by atoms with E-state index >= 15 is 0 Å². The molecule has 0 radical (unpaired) electrons. The molecule has 3 heteroatoms. The molecule has 20 heavy (non-hydrogen) atoms. The van der Waals surface area contributed by atoms with Crippen molar-refractivity contribution in [2.24, 2.45) is 4.99 Å². The van der Waals surface area contributed by atoms with Gasteiger partial charge in [-0.15, -0.1) is 0 Å². The van der Waals surface area contributed by atoms with E-state index in [0.717, 1.165) is 39.5 Å². The average molecular weight is 265 g/mol. The van der Waals surface area contributed by atoms with Crippen LogP contribution in [0.15, 0.2) is 41.7 Å². The molecule has 0 saturated heterocycles. The van der Waals surface area contributed by atoms with Gasteiger partial charge in [-0.25, -0.2) is 4.98 Å². The number of allylic oxidation sites excluding steroid dienone is 2. The van der Waals surface area contributed by atoms with Gasteiger partial charge in [-0.1, -0.05) is 38.3 Å². The second-order valence-electron chi connectivity index (χ2n) is 4.53. The van der Waals surface area contributed by atoms with Crippen LogP contribution in [0.1, 0.15) is 19.0 Å². The summed E-state index contributed by atoms with van der Waals surface area (Å²) in [5.41, 5.74) is 3.72. The summed E-state index contributed by atoms with van der Waals surface area (Å²) in [7, 11) is 1.78. The molecule has 0 fully saturated rings. The first-order valence-corrected chi connectivity index (χ1v) is 6.62. The van der Waals surface area contributed by atoms with Crippen LogP contribution in [0.3, 0.4) is 0 Å². The summed E-state index contributed by atoms with van der Waals surface area (Å²) in [6, 6.07) is 5.97. The maximum absolute atomic E-state index is 4.42. The van der Waals surface area contributed by atoms with E-state index in [4.69, 9.17) is 0 Å². The SMILES string of the molecule is C=c1ccc(-c2nc[nH]c2C(/C=C\CC)=NC)cc1=C. The molecule has 1 N–H and O–H groups in total. The predicted octanol–water partition coefficient (Wildman–Crippen LogP) is 2.28. The van der Waals surface area contributed by atoms with Crippen LogP contribution in [0.25, 0.3) is 24.4 Å². The highest BCUT2D eigenvalue weighted by Gasteiger charge is 2.11. The molecular weight excluding hydrogens is 246 g/mol. The number of H-pyrrole nitrogens is 1. The van der Waals surface area contributed by atoms with Gasteiger partial charge < -0.3 is 4.98 Å². The van der Waals surface area contributed by atoms with Crippen LogP contribution in [0.5, 0.6) is 0 Å². The Morgan fingerprint density at radius 1 is 1.35 bits per heavy atom. The van der Waals surface area contributed by atoms with Gasteiger partial charge in [0.05, 0.1) is 23.4 Å². The van der Waals surface area contributed by atoms with Gasteiger partial charge in [-0.2, -0.15) is 0 Å². The number of hydrogen-bond acceptors (Lipinski definition) is 2. The summed E-state index contributed by atoms with van der Waals surface area (Å²) in [6.07, 6.45) is 6.76. The van der Waals surface area contributed by atoms with E-state index in [0.29, 0.717) is 0 Å². The first-order valence-electron chi connectivity index (χ1n) is 6.62. The van der Waals surface area contributed by atoms with Crippen LogP contribution in [0, 0.1) is 0 Å². The molecule has 102 valence electrons. The largest absolute Gasteiger partial charge is 0.343 e. The fourth-order valence-corrected chi connectivity index (χ4v) is 1.98. The maximum Gasteiger partial charge on any atom is 0.0977 e. The van der Waals surface area contributed by atoms with Crippen LogP contribution in [-0.2, 0) is 0 Å². The highest BCUT2D eigenvalue weighted by Crippen LogP contribution is 2.19. The molecule has 0 spiro atoms. The number of aromatic amines is 1. The third-order valence-electron chi connectivity index (χ3n) is 3.13. The summed E-state index contributed by atoms with van der Waals surface area (Å²) >= 11 is 0. The van der Waals surface area contributed by atoms with Crippen LogP contribution >= 0.6 is 0 Å². The number of aliphatic imine (C=N–C) groups is 1. The molecule has 1 heterocycles. The summed E-state index contributed by atoms with van der Waals surface area (Å²) in [5.74, 6) is 0. The lowest BCUT2D eigenvalue weighted by molar-refractivity contribution is 1.22. The van der Waals surface area contributed by atoms with Gasteiger partial charge in [0.15, 0.2) is 0 Å². The van der Waals surface area contributed by atoms with Crippen molar-refractivity contribution >= 4 is 18.9 Å². The Hall–Kier alpha value is -2.42. The van der Waals surface area contributed by atoms with Gasteiger partial charge in [0.2, 0.25) is 0 Å². The summed E-state index contributed by atoms with van der Waals surface area (Å²) in [4.78, 5) is 11.9. The molecule has 0 unspecified atom stereocenters. The number of benzene rings is 1. The van der Waals surface area contributed by atoms with Crippen molar-refractivity contribution in [2.45, 2.75) is 13.3 Å². The number of nitrogens with one attached hydrogen (secondary N) is 1. The molecule has 1 aromatic carbocycles. The molecule has 1 aromatic heterocycles. The number of aromatic nitrogens is 2. The molecule has 2 rings (SSSR count). The average Bonchev–Trinajstić information content (AvgIpc) is 2.92. The fourth-order valence-electron chi connectivity index (χ4n) is 1.98. The lowest BCUT2D eigenvalue weighted by Crippen LogP contribution is -2.20. The van der Waals surface area contributed by atoms with E-state index in [2.05, 4.69) is 41.1 Å². The zero-order valence-corrected chi connectivity index (χ0v) is 12.0. The standard InChI is InChI=1S/C17H19N3/c1-5-6-7-15(18-4)17-16(19-11-20-17)14-9-8-12(2)13(3)10-14/h6-11H,2-3,5H2,1,4H3,(H,19,20)/b7-6-,18-15?. The Kier molecular flexibility index (Phi) is 4.31. The quantitative estimate of drug-likeness (QED) is 0.847. The molecule has 0 amide bonds. The van der Waals surface area contributed by atoms with Gasteiger partial charge in [-0.3, -0.25) is 4.99 Å². The fraction of sp³-hybridized carbons (Fsp3) is 0.176. The van der Waals surface area contributed by atoms with E-state index in [1.54, 1.807) is 13.4 Å². The van der Waals surface area contributed by atoms with Crippen molar-refractivity contribution in [3.63, 3.8) is 0 Å². The zero-order valence-electron chi connectivity index (χ0n) is 12.0. The molecule has 0 aliphatic heterocycles. The van der Waals surface area contributed by atoms with Crippen molar-refractivity contribution in [3.8, 4) is 11.3 Å². The van der Waals surface area contributed by atoms with Crippen LogP contribution in [0.4, 0.5) is 0 Å². The minimum Gasteiger partial charge on any atom is -0.343 e. The minimum absolute atomic E-state index is 0.885. The normalized spacial score (nSPS) is 12.2. The third-order valence-corrected chi connectivity index (χ3v) is 3.13. The highest BCUT2D eigenvalue weighted by molar-refractivity contribution is 6.10. The number of rotatable bonds is 4. The second kappa shape index (κ2) is 6.15. The summed E-state index contributed by atoms with van der Waals surface area (Å²) in [5, 5.41) is 1.84. The Morgan fingerprint density at radius 2 is 2.15 bits per heavy atom. The maximum atomic E-state index is 4.42. The van der Waals surface area contributed by atoms with Crippen molar-refractivity contribution < 1.29 is 0 Å². The second-order valence-corrected chi connectivity index (χ2v) is 4.53.